The zero-order chi connectivity index (χ0) is 18.4. The third-order valence-electron chi connectivity index (χ3n) is 5.21. The van der Waals surface area contributed by atoms with Crippen LogP contribution in [-0.4, -0.2) is 54.4 Å². The van der Waals surface area contributed by atoms with E-state index in [1.54, 1.807) is 6.20 Å². The van der Waals surface area contributed by atoms with Crippen LogP contribution in [-0.2, 0) is 9.63 Å². The Bertz CT molecular complexity index is 617. The van der Waals surface area contributed by atoms with Gasteiger partial charge in [0.25, 0.3) is 5.91 Å². The number of aromatic nitrogens is 1. The van der Waals surface area contributed by atoms with Gasteiger partial charge in [0.15, 0.2) is 12.4 Å². The molecule has 3 rings (SSSR count). The Labute approximate surface area is 155 Å². The fourth-order valence-electron chi connectivity index (χ4n) is 3.41. The number of piperidine rings is 2. The number of nitrogens with two attached hydrogens (primary N) is 1. The lowest BCUT2D eigenvalue weighted by Gasteiger charge is -2.29. The number of likely N-dealkylation sites (tertiary alicyclic amines) is 1. The van der Waals surface area contributed by atoms with Gasteiger partial charge in [-0.15, -0.1) is 0 Å². The largest absolute Gasteiger partial charge is 0.384 e. The minimum absolute atomic E-state index is 0.0352. The molecule has 26 heavy (non-hydrogen) atoms. The van der Waals surface area contributed by atoms with Gasteiger partial charge < -0.3 is 20.4 Å². The van der Waals surface area contributed by atoms with Crippen molar-refractivity contribution in [2.24, 2.45) is 16.8 Å². The monoisotopic (exact) mass is 359 g/mol. The fourth-order valence-corrected chi connectivity index (χ4v) is 3.41. The molecule has 0 spiro atoms. The van der Waals surface area contributed by atoms with Gasteiger partial charge in [0.05, 0.1) is 0 Å². The molecular formula is C19H29N5O2. The molecule has 3 heterocycles. The average Bonchev–Trinajstić information content (AvgIpc) is 2.69. The van der Waals surface area contributed by atoms with Crippen LogP contribution in [0.15, 0.2) is 23.5 Å². The molecule has 2 saturated heterocycles. The Morgan fingerprint density at radius 2 is 1.96 bits per heavy atom. The molecule has 0 aliphatic carbocycles. The number of pyridine rings is 1. The van der Waals surface area contributed by atoms with Crippen molar-refractivity contribution < 1.29 is 9.63 Å². The lowest BCUT2D eigenvalue weighted by molar-refractivity contribution is -0.137. The molecule has 1 aromatic heterocycles. The van der Waals surface area contributed by atoms with Gasteiger partial charge in [-0.2, -0.15) is 0 Å². The second-order valence-electron chi connectivity index (χ2n) is 7.27. The molecular weight excluding hydrogens is 330 g/mol. The Hall–Kier alpha value is -2.31. The summed E-state index contributed by atoms with van der Waals surface area (Å²) >= 11 is 0. The van der Waals surface area contributed by atoms with Crippen LogP contribution >= 0.6 is 0 Å². The second-order valence-corrected chi connectivity index (χ2v) is 7.27. The first-order chi connectivity index (χ1) is 12.6. The average molecular weight is 359 g/mol. The first-order valence-electron chi connectivity index (χ1n) is 9.58. The number of carbonyl (C=O) groups is 1. The quantitative estimate of drug-likeness (QED) is 0.494. The van der Waals surface area contributed by atoms with E-state index in [1.165, 1.54) is 19.3 Å². The van der Waals surface area contributed by atoms with E-state index in [-0.39, 0.29) is 18.3 Å². The molecule has 0 saturated carbocycles. The lowest BCUT2D eigenvalue weighted by Crippen LogP contribution is -2.39. The Kier molecular flexibility index (Phi) is 6.30. The maximum Gasteiger partial charge on any atom is 0.263 e. The van der Waals surface area contributed by atoms with E-state index in [0.29, 0.717) is 11.5 Å². The molecule has 142 valence electrons. The molecule has 0 radical (unpaired) electrons. The van der Waals surface area contributed by atoms with Crippen molar-refractivity contribution in [3.05, 3.63) is 23.9 Å². The Morgan fingerprint density at radius 1 is 1.23 bits per heavy atom. The SMILES string of the molecule is CC1CCN(C(=O)CON=C(N)c2ccc(N3CCCCC3)nc2)CC1. The van der Waals surface area contributed by atoms with Crippen molar-refractivity contribution in [1.82, 2.24) is 9.88 Å². The van der Waals surface area contributed by atoms with Gasteiger partial charge in [-0.1, -0.05) is 12.1 Å². The van der Waals surface area contributed by atoms with Crippen LogP contribution in [0.5, 0.6) is 0 Å². The molecule has 0 unspecified atom stereocenters. The van der Waals surface area contributed by atoms with Crippen LogP contribution in [0.25, 0.3) is 0 Å². The van der Waals surface area contributed by atoms with E-state index in [4.69, 9.17) is 10.6 Å². The number of hydrogen-bond acceptors (Lipinski definition) is 5. The molecule has 0 bridgehead atoms. The number of nitrogens with zero attached hydrogens (tertiary/aromatic N) is 4. The number of oxime groups is 1. The zero-order valence-corrected chi connectivity index (χ0v) is 15.6. The van der Waals surface area contributed by atoms with Crippen LogP contribution in [0.3, 0.4) is 0 Å². The summed E-state index contributed by atoms with van der Waals surface area (Å²) in [6, 6.07) is 3.86. The fraction of sp³-hybridized carbons (Fsp3) is 0.632. The van der Waals surface area contributed by atoms with Gasteiger partial charge >= 0.3 is 0 Å². The summed E-state index contributed by atoms with van der Waals surface area (Å²) in [4.78, 5) is 25.9. The van der Waals surface area contributed by atoms with Gasteiger partial charge in [-0.25, -0.2) is 4.98 Å². The van der Waals surface area contributed by atoms with Crippen molar-refractivity contribution in [1.29, 1.82) is 0 Å². The highest BCUT2D eigenvalue weighted by Crippen LogP contribution is 2.18. The molecule has 2 N–H and O–H groups in total. The molecule has 0 aromatic carbocycles. The smallest absolute Gasteiger partial charge is 0.263 e. The Morgan fingerprint density at radius 3 is 2.62 bits per heavy atom. The van der Waals surface area contributed by atoms with Crippen LogP contribution in [0.1, 0.15) is 44.6 Å². The maximum absolute atomic E-state index is 12.1. The predicted molar refractivity (Wildman–Crippen MR) is 102 cm³/mol. The molecule has 7 heteroatoms. The van der Waals surface area contributed by atoms with Gasteiger partial charge in [0, 0.05) is 37.9 Å². The Balaban J connectivity index is 1.48. The number of anilines is 1. The van der Waals surface area contributed by atoms with Crippen molar-refractivity contribution >= 4 is 17.6 Å². The first kappa shape index (κ1) is 18.5. The summed E-state index contributed by atoms with van der Waals surface area (Å²) in [5, 5.41) is 3.88. The summed E-state index contributed by atoms with van der Waals surface area (Å²) in [5.74, 6) is 1.86. The van der Waals surface area contributed by atoms with Crippen LogP contribution in [0.2, 0.25) is 0 Å². The van der Waals surface area contributed by atoms with E-state index >= 15 is 0 Å². The normalized spacial score (nSPS) is 19.5. The van der Waals surface area contributed by atoms with Gasteiger partial charge in [0.2, 0.25) is 0 Å². The summed E-state index contributed by atoms with van der Waals surface area (Å²) in [7, 11) is 0. The maximum atomic E-state index is 12.1. The van der Waals surface area contributed by atoms with E-state index in [9.17, 15) is 4.79 Å². The summed E-state index contributed by atoms with van der Waals surface area (Å²) in [6.45, 7) is 5.84. The van der Waals surface area contributed by atoms with E-state index < -0.39 is 0 Å². The summed E-state index contributed by atoms with van der Waals surface area (Å²) in [5.41, 5.74) is 6.65. The van der Waals surface area contributed by atoms with Crippen LogP contribution < -0.4 is 10.6 Å². The van der Waals surface area contributed by atoms with Crippen molar-refractivity contribution in [3.63, 3.8) is 0 Å². The first-order valence-corrected chi connectivity index (χ1v) is 9.58. The molecule has 0 atom stereocenters. The molecule has 1 amide bonds. The number of amidine groups is 1. The van der Waals surface area contributed by atoms with Crippen molar-refractivity contribution in [2.45, 2.75) is 39.0 Å². The van der Waals surface area contributed by atoms with Crippen molar-refractivity contribution in [2.75, 3.05) is 37.7 Å². The molecule has 2 aliphatic rings. The zero-order valence-electron chi connectivity index (χ0n) is 15.6. The lowest BCUT2D eigenvalue weighted by atomic mass is 9.99. The van der Waals surface area contributed by atoms with Crippen molar-refractivity contribution in [3.8, 4) is 0 Å². The highest BCUT2D eigenvalue weighted by atomic mass is 16.6. The molecule has 1 aromatic rings. The van der Waals surface area contributed by atoms with Gasteiger partial charge in [-0.3, -0.25) is 4.79 Å². The topological polar surface area (TPSA) is 84.0 Å². The highest BCUT2D eigenvalue weighted by molar-refractivity contribution is 5.97. The minimum atomic E-state index is -0.0750. The molecule has 2 aliphatic heterocycles. The number of rotatable bonds is 5. The number of hydrogen-bond donors (Lipinski definition) is 1. The highest BCUT2D eigenvalue weighted by Gasteiger charge is 2.20. The molecule has 2 fully saturated rings. The third kappa shape index (κ3) is 4.86. The van der Waals surface area contributed by atoms with Crippen LogP contribution in [0, 0.1) is 5.92 Å². The van der Waals surface area contributed by atoms with E-state index in [1.807, 2.05) is 17.0 Å². The second kappa shape index (κ2) is 8.87. The van der Waals surface area contributed by atoms with E-state index in [0.717, 1.165) is 44.8 Å². The standard InChI is InChI=1S/C19H29N5O2/c1-15-7-11-24(12-8-15)18(25)14-26-22-19(20)16-5-6-17(21-13-16)23-9-3-2-4-10-23/h5-6,13,15H,2-4,7-12,14H2,1H3,(H2,20,22). The third-order valence-corrected chi connectivity index (χ3v) is 5.21. The van der Waals surface area contributed by atoms with Gasteiger partial charge in [-0.05, 0) is 50.2 Å². The minimum Gasteiger partial charge on any atom is -0.384 e. The van der Waals surface area contributed by atoms with Crippen LogP contribution in [0.4, 0.5) is 5.82 Å². The number of carbonyl (C=O) groups excluding carboxylic acids is 1. The van der Waals surface area contributed by atoms with E-state index in [2.05, 4.69) is 22.0 Å². The summed E-state index contributed by atoms with van der Waals surface area (Å²) < 4.78 is 0. The number of amides is 1. The molecule has 7 nitrogen and oxygen atoms in total. The summed E-state index contributed by atoms with van der Waals surface area (Å²) in [6.07, 6.45) is 7.52. The predicted octanol–water partition coefficient (Wildman–Crippen LogP) is 1.97. The van der Waals surface area contributed by atoms with Gasteiger partial charge in [0.1, 0.15) is 5.82 Å².